The summed E-state index contributed by atoms with van der Waals surface area (Å²) < 4.78 is 10.6. The van der Waals surface area contributed by atoms with Gasteiger partial charge in [0.2, 0.25) is 0 Å². The summed E-state index contributed by atoms with van der Waals surface area (Å²) in [6.07, 6.45) is 0.266. The van der Waals surface area contributed by atoms with Crippen molar-refractivity contribution >= 4 is 11.4 Å². The van der Waals surface area contributed by atoms with Crippen LogP contribution in [0.1, 0.15) is 13.8 Å². The lowest BCUT2D eigenvalue weighted by Crippen LogP contribution is -2.13. The van der Waals surface area contributed by atoms with Crippen LogP contribution in [0.15, 0.2) is 18.2 Å². The zero-order valence-corrected chi connectivity index (χ0v) is 10.1. The number of rotatable bonds is 6. The molecule has 0 radical (unpaired) electrons. The molecule has 1 rings (SSSR count). The maximum Gasteiger partial charge on any atom is 0.143 e. The van der Waals surface area contributed by atoms with E-state index in [1.807, 2.05) is 32.0 Å². The first-order chi connectivity index (χ1) is 7.63. The Balaban J connectivity index is 2.42. The molecule has 0 aliphatic heterocycles. The highest BCUT2D eigenvalue weighted by molar-refractivity contribution is 5.61. The molecule has 0 fully saturated rings. The predicted molar refractivity (Wildman–Crippen MR) is 67.0 cm³/mol. The van der Waals surface area contributed by atoms with Gasteiger partial charge >= 0.3 is 0 Å². The minimum absolute atomic E-state index is 0.266. The standard InChI is InChI=1S/C12H20N2O2/c1-9(2)16-7-6-14-10-4-5-11(13)12(8-10)15-3/h4-5,8-9,14H,6-7,13H2,1-3H3. The number of hydrogen-bond donors (Lipinski definition) is 2. The van der Waals surface area contributed by atoms with E-state index in [-0.39, 0.29) is 6.10 Å². The van der Waals surface area contributed by atoms with Gasteiger partial charge < -0.3 is 20.5 Å². The minimum atomic E-state index is 0.266. The first-order valence-electron chi connectivity index (χ1n) is 5.42. The van der Waals surface area contributed by atoms with Gasteiger partial charge in [-0.15, -0.1) is 0 Å². The van der Waals surface area contributed by atoms with E-state index in [0.717, 1.165) is 12.2 Å². The number of hydrogen-bond acceptors (Lipinski definition) is 4. The summed E-state index contributed by atoms with van der Waals surface area (Å²) in [6.45, 7) is 5.49. The van der Waals surface area contributed by atoms with Gasteiger partial charge in [0.1, 0.15) is 5.75 Å². The molecular formula is C12H20N2O2. The second kappa shape index (κ2) is 6.23. The van der Waals surface area contributed by atoms with E-state index >= 15 is 0 Å². The fourth-order valence-electron chi connectivity index (χ4n) is 1.31. The third kappa shape index (κ3) is 3.98. The molecule has 0 heterocycles. The van der Waals surface area contributed by atoms with E-state index < -0.39 is 0 Å². The van der Waals surface area contributed by atoms with Gasteiger partial charge in [0.05, 0.1) is 25.5 Å². The van der Waals surface area contributed by atoms with Crippen LogP contribution in [0.3, 0.4) is 0 Å². The molecule has 0 amide bonds. The van der Waals surface area contributed by atoms with Crippen molar-refractivity contribution in [3.05, 3.63) is 18.2 Å². The largest absolute Gasteiger partial charge is 0.495 e. The number of nitrogens with two attached hydrogens (primary N) is 1. The number of nitrogen functional groups attached to an aromatic ring is 1. The SMILES string of the molecule is COc1cc(NCCOC(C)C)ccc1N. The van der Waals surface area contributed by atoms with Crippen molar-refractivity contribution in [3.63, 3.8) is 0 Å². The summed E-state index contributed by atoms with van der Waals surface area (Å²) in [5, 5.41) is 3.24. The van der Waals surface area contributed by atoms with E-state index in [0.29, 0.717) is 18.0 Å². The lowest BCUT2D eigenvalue weighted by atomic mass is 10.2. The van der Waals surface area contributed by atoms with Gasteiger partial charge in [-0.25, -0.2) is 0 Å². The van der Waals surface area contributed by atoms with Crippen molar-refractivity contribution in [2.45, 2.75) is 20.0 Å². The van der Waals surface area contributed by atoms with Crippen molar-refractivity contribution in [3.8, 4) is 5.75 Å². The van der Waals surface area contributed by atoms with Crippen LogP contribution in [-0.4, -0.2) is 26.4 Å². The minimum Gasteiger partial charge on any atom is -0.495 e. The van der Waals surface area contributed by atoms with E-state index in [2.05, 4.69) is 5.32 Å². The van der Waals surface area contributed by atoms with Gasteiger partial charge in [0.15, 0.2) is 0 Å². The molecule has 0 bridgehead atoms. The van der Waals surface area contributed by atoms with Gasteiger partial charge in [-0.3, -0.25) is 0 Å². The number of ether oxygens (including phenoxy) is 2. The summed E-state index contributed by atoms with van der Waals surface area (Å²) in [5.41, 5.74) is 7.35. The lowest BCUT2D eigenvalue weighted by molar-refractivity contribution is 0.0870. The molecule has 0 aliphatic carbocycles. The summed E-state index contributed by atoms with van der Waals surface area (Å²) >= 11 is 0. The van der Waals surface area contributed by atoms with Crippen LogP contribution in [0.25, 0.3) is 0 Å². The lowest BCUT2D eigenvalue weighted by Gasteiger charge is -2.11. The summed E-state index contributed by atoms with van der Waals surface area (Å²) in [6, 6.07) is 5.63. The molecule has 4 heteroatoms. The average Bonchev–Trinajstić information content (AvgIpc) is 2.26. The molecule has 0 unspecified atom stereocenters. The molecule has 1 aromatic carbocycles. The predicted octanol–water partition coefficient (Wildman–Crippen LogP) is 2.11. The quantitative estimate of drug-likeness (QED) is 0.574. The van der Waals surface area contributed by atoms with Crippen LogP contribution in [0.2, 0.25) is 0 Å². The Labute approximate surface area is 96.7 Å². The van der Waals surface area contributed by atoms with Crippen LogP contribution in [0, 0.1) is 0 Å². The molecule has 4 nitrogen and oxygen atoms in total. The molecule has 0 aromatic heterocycles. The van der Waals surface area contributed by atoms with Crippen molar-refractivity contribution in [1.29, 1.82) is 0 Å². The van der Waals surface area contributed by atoms with E-state index in [1.165, 1.54) is 0 Å². The Morgan fingerprint density at radius 1 is 1.38 bits per heavy atom. The zero-order valence-electron chi connectivity index (χ0n) is 10.1. The van der Waals surface area contributed by atoms with Crippen LogP contribution in [0.5, 0.6) is 5.75 Å². The highest BCUT2D eigenvalue weighted by Gasteiger charge is 2.00. The van der Waals surface area contributed by atoms with Gasteiger partial charge in [0, 0.05) is 18.3 Å². The van der Waals surface area contributed by atoms with Crippen LogP contribution in [0.4, 0.5) is 11.4 Å². The number of methoxy groups -OCH3 is 1. The van der Waals surface area contributed by atoms with Crippen LogP contribution in [-0.2, 0) is 4.74 Å². The maximum atomic E-state index is 5.72. The van der Waals surface area contributed by atoms with E-state index in [4.69, 9.17) is 15.2 Å². The third-order valence-corrected chi connectivity index (χ3v) is 2.12. The van der Waals surface area contributed by atoms with Crippen molar-refractivity contribution < 1.29 is 9.47 Å². The molecule has 16 heavy (non-hydrogen) atoms. The fourth-order valence-corrected chi connectivity index (χ4v) is 1.31. The van der Waals surface area contributed by atoms with Crippen LogP contribution >= 0.6 is 0 Å². The van der Waals surface area contributed by atoms with Crippen molar-refractivity contribution in [2.24, 2.45) is 0 Å². The highest BCUT2D eigenvalue weighted by atomic mass is 16.5. The Morgan fingerprint density at radius 2 is 2.12 bits per heavy atom. The Hall–Kier alpha value is -1.42. The number of anilines is 2. The molecule has 0 saturated heterocycles. The number of benzene rings is 1. The van der Waals surface area contributed by atoms with Crippen molar-refractivity contribution in [2.75, 3.05) is 31.3 Å². The van der Waals surface area contributed by atoms with Gasteiger partial charge in [0.25, 0.3) is 0 Å². The second-order valence-electron chi connectivity index (χ2n) is 3.80. The first-order valence-corrected chi connectivity index (χ1v) is 5.42. The first kappa shape index (κ1) is 12.6. The molecule has 0 atom stereocenters. The molecule has 3 N–H and O–H groups in total. The summed E-state index contributed by atoms with van der Waals surface area (Å²) in [7, 11) is 1.61. The topological polar surface area (TPSA) is 56.5 Å². The molecule has 0 spiro atoms. The van der Waals surface area contributed by atoms with Gasteiger partial charge in [-0.2, -0.15) is 0 Å². The molecule has 1 aromatic rings. The van der Waals surface area contributed by atoms with E-state index in [9.17, 15) is 0 Å². The fraction of sp³-hybridized carbons (Fsp3) is 0.500. The van der Waals surface area contributed by atoms with Crippen LogP contribution < -0.4 is 15.8 Å². The van der Waals surface area contributed by atoms with Gasteiger partial charge in [-0.05, 0) is 26.0 Å². The maximum absolute atomic E-state index is 5.72. The molecular weight excluding hydrogens is 204 g/mol. The molecule has 0 aliphatic rings. The summed E-state index contributed by atoms with van der Waals surface area (Å²) in [5.74, 6) is 0.690. The Kier molecular flexibility index (Phi) is 4.92. The number of nitrogens with one attached hydrogen (secondary N) is 1. The Bertz CT molecular complexity index is 327. The summed E-state index contributed by atoms with van der Waals surface area (Å²) in [4.78, 5) is 0. The smallest absolute Gasteiger partial charge is 0.143 e. The molecule has 0 saturated carbocycles. The Morgan fingerprint density at radius 3 is 2.75 bits per heavy atom. The van der Waals surface area contributed by atoms with Crippen molar-refractivity contribution in [1.82, 2.24) is 0 Å². The van der Waals surface area contributed by atoms with Gasteiger partial charge in [-0.1, -0.05) is 0 Å². The third-order valence-electron chi connectivity index (χ3n) is 2.12. The zero-order chi connectivity index (χ0) is 12.0. The average molecular weight is 224 g/mol. The monoisotopic (exact) mass is 224 g/mol. The molecule has 90 valence electrons. The normalized spacial score (nSPS) is 10.5. The highest BCUT2D eigenvalue weighted by Crippen LogP contribution is 2.24. The van der Waals surface area contributed by atoms with E-state index in [1.54, 1.807) is 7.11 Å². The second-order valence-corrected chi connectivity index (χ2v) is 3.80.